The summed E-state index contributed by atoms with van der Waals surface area (Å²) < 4.78 is 0. The molecule has 1 rings (SSSR count). The van der Waals surface area contributed by atoms with Crippen LogP contribution in [-0.2, 0) is 4.79 Å². The molecule has 10 heavy (non-hydrogen) atoms. The molecule has 0 radical (unpaired) electrons. The van der Waals surface area contributed by atoms with Crippen LogP contribution in [0.3, 0.4) is 0 Å². The van der Waals surface area contributed by atoms with Gasteiger partial charge in [-0.3, -0.25) is 4.79 Å². The van der Waals surface area contributed by atoms with E-state index in [0.29, 0.717) is 0 Å². The number of hydrogen-bond acceptors (Lipinski definition) is 1. The molecule has 1 saturated carbocycles. The molecule has 56 valence electrons. The fourth-order valence-electron chi connectivity index (χ4n) is 1.41. The Morgan fingerprint density at radius 1 is 1.40 bits per heavy atom. The molecule has 0 saturated heterocycles. The van der Waals surface area contributed by atoms with Crippen molar-refractivity contribution in [2.75, 3.05) is 0 Å². The van der Waals surface area contributed by atoms with E-state index in [9.17, 15) is 4.79 Å². The van der Waals surface area contributed by atoms with Gasteiger partial charge in [0.2, 0.25) is 0 Å². The third-order valence-electron chi connectivity index (χ3n) is 1.98. The van der Waals surface area contributed by atoms with Crippen LogP contribution < -0.4 is 0 Å². The second kappa shape index (κ2) is 3.77. The molecule has 1 fully saturated rings. The number of carbonyl (C=O) groups excluding carboxylic acids is 1. The first kappa shape index (κ1) is 7.80. The average Bonchev–Trinajstić information content (AvgIpc) is 2.38. The minimum atomic E-state index is 0.201. The summed E-state index contributed by atoms with van der Waals surface area (Å²) in [6.07, 6.45) is 5.98. The number of hydrogen-bond donors (Lipinski definition) is 0. The largest absolute Gasteiger partial charge is 0.295 e. The summed E-state index contributed by atoms with van der Waals surface area (Å²) in [6.45, 7) is 0. The van der Waals surface area contributed by atoms with Gasteiger partial charge >= 0.3 is 0 Å². The molecule has 0 bridgehead atoms. The molecular formula is C8H11ClO. The standard InChI is InChI=1S/C8H11ClO/c9-6-5-8(10)7-3-1-2-4-7/h5-7H,1-4H2. The fourth-order valence-corrected chi connectivity index (χ4v) is 1.53. The molecule has 1 nitrogen and oxygen atoms in total. The van der Waals surface area contributed by atoms with Crippen LogP contribution in [0.5, 0.6) is 0 Å². The van der Waals surface area contributed by atoms with Crippen molar-refractivity contribution in [3.8, 4) is 0 Å². The van der Waals surface area contributed by atoms with E-state index >= 15 is 0 Å². The van der Waals surface area contributed by atoms with Crippen molar-refractivity contribution in [2.45, 2.75) is 25.7 Å². The Balaban J connectivity index is 2.40. The first-order valence-electron chi connectivity index (χ1n) is 3.65. The van der Waals surface area contributed by atoms with Crippen LogP contribution in [0.4, 0.5) is 0 Å². The van der Waals surface area contributed by atoms with Crippen LogP contribution in [0, 0.1) is 5.92 Å². The van der Waals surface area contributed by atoms with E-state index in [2.05, 4.69) is 0 Å². The second-order valence-corrected chi connectivity index (χ2v) is 2.93. The van der Waals surface area contributed by atoms with E-state index in [-0.39, 0.29) is 11.7 Å². The zero-order chi connectivity index (χ0) is 7.40. The van der Waals surface area contributed by atoms with Crippen molar-refractivity contribution < 1.29 is 4.79 Å². The smallest absolute Gasteiger partial charge is 0.159 e. The minimum absolute atomic E-state index is 0.201. The lowest BCUT2D eigenvalue weighted by atomic mass is 10.0. The summed E-state index contributed by atoms with van der Waals surface area (Å²) in [5, 5.41) is 0. The van der Waals surface area contributed by atoms with Crippen molar-refractivity contribution in [1.82, 2.24) is 0 Å². The summed E-state index contributed by atoms with van der Waals surface area (Å²) in [6, 6.07) is 0. The molecule has 0 aromatic heterocycles. The van der Waals surface area contributed by atoms with Crippen molar-refractivity contribution in [3.05, 3.63) is 11.6 Å². The van der Waals surface area contributed by atoms with Gasteiger partial charge in [-0.2, -0.15) is 0 Å². The van der Waals surface area contributed by atoms with E-state index in [1.165, 1.54) is 24.5 Å². The Bertz CT molecular complexity index is 145. The van der Waals surface area contributed by atoms with E-state index in [1.807, 2.05) is 0 Å². The molecule has 2 heteroatoms. The zero-order valence-electron chi connectivity index (χ0n) is 5.85. The lowest BCUT2D eigenvalue weighted by molar-refractivity contribution is -0.118. The summed E-state index contributed by atoms with van der Waals surface area (Å²) in [5.74, 6) is 0.475. The molecule has 0 aromatic rings. The molecule has 1 aliphatic rings. The summed E-state index contributed by atoms with van der Waals surface area (Å²) >= 11 is 5.27. The maximum absolute atomic E-state index is 11.1. The van der Waals surface area contributed by atoms with E-state index in [1.54, 1.807) is 0 Å². The molecule has 0 amide bonds. The van der Waals surface area contributed by atoms with Gasteiger partial charge in [-0.15, -0.1) is 0 Å². The van der Waals surface area contributed by atoms with Crippen molar-refractivity contribution in [2.24, 2.45) is 5.92 Å². The minimum Gasteiger partial charge on any atom is -0.295 e. The van der Waals surface area contributed by atoms with Gasteiger partial charge in [-0.25, -0.2) is 0 Å². The average molecular weight is 159 g/mol. The van der Waals surface area contributed by atoms with Crippen LogP contribution in [0.2, 0.25) is 0 Å². The molecule has 0 aliphatic heterocycles. The predicted octanol–water partition coefficient (Wildman–Crippen LogP) is 2.50. The lowest BCUT2D eigenvalue weighted by Gasteiger charge is -2.00. The second-order valence-electron chi connectivity index (χ2n) is 2.68. The van der Waals surface area contributed by atoms with Crippen molar-refractivity contribution in [3.63, 3.8) is 0 Å². The SMILES string of the molecule is O=C(C=CCl)C1CCCC1. The Morgan fingerprint density at radius 3 is 2.50 bits per heavy atom. The topological polar surface area (TPSA) is 17.1 Å². The molecular weight excluding hydrogens is 148 g/mol. The van der Waals surface area contributed by atoms with E-state index in [0.717, 1.165) is 12.8 Å². The van der Waals surface area contributed by atoms with E-state index < -0.39 is 0 Å². The van der Waals surface area contributed by atoms with Crippen molar-refractivity contribution >= 4 is 17.4 Å². The Kier molecular flexibility index (Phi) is 2.94. The quantitative estimate of drug-likeness (QED) is 0.565. The Hall–Kier alpha value is -0.300. The van der Waals surface area contributed by atoms with Crippen LogP contribution in [0.15, 0.2) is 11.6 Å². The van der Waals surface area contributed by atoms with Gasteiger partial charge in [0, 0.05) is 11.5 Å². The molecule has 0 N–H and O–H groups in total. The first-order valence-corrected chi connectivity index (χ1v) is 4.09. The predicted molar refractivity (Wildman–Crippen MR) is 42.0 cm³/mol. The van der Waals surface area contributed by atoms with Gasteiger partial charge in [0.25, 0.3) is 0 Å². The van der Waals surface area contributed by atoms with Gasteiger partial charge < -0.3 is 0 Å². The van der Waals surface area contributed by atoms with Crippen LogP contribution in [0.1, 0.15) is 25.7 Å². The highest BCUT2D eigenvalue weighted by Gasteiger charge is 2.19. The summed E-state index contributed by atoms with van der Waals surface area (Å²) in [5.41, 5.74) is 1.31. The highest BCUT2D eigenvalue weighted by Crippen LogP contribution is 2.25. The molecule has 0 heterocycles. The Morgan fingerprint density at radius 2 is 2.00 bits per heavy atom. The number of halogens is 1. The normalized spacial score (nSPS) is 20.5. The molecule has 0 unspecified atom stereocenters. The molecule has 0 spiro atoms. The number of allylic oxidation sites excluding steroid dienone is 1. The number of carbonyl (C=O) groups is 1. The molecule has 0 atom stereocenters. The highest BCUT2D eigenvalue weighted by molar-refractivity contribution is 6.26. The van der Waals surface area contributed by atoms with Crippen LogP contribution in [0.25, 0.3) is 0 Å². The Labute approximate surface area is 66.1 Å². The van der Waals surface area contributed by atoms with Gasteiger partial charge in [-0.05, 0) is 18.9 Å². The lowest BCUT2D eigenvalue weighted by Crippen LogP contribution is -2.06. The monoisotopic (exact) mass is 158 g/mol. The van der Waals surface area contributed by atoms with E-state index in [4.69, 9.17) is 11.6 Å². The van der Waals surface area contributed by atoms with Gasteiger partial charge in [0.1, 0.15) is 0 Å². The van der Waals surface area contributed by atoms with Gasteiger partial charge in [-0.1, -0.05) is 24.4 Å². The number of rotatable bonds is 2. The molecule has 0 aromatic carbocycles. The zero-order valence-corrected chi connectivity index (χ0v) is 6.60. The van der Waals surface area contributed by atoms with Gasteiger partial charge in [0.05, 0.1) is 0 Å². The maximum Gasteiger partial charge on any atom is 0.159 e. The third kappa shape index (κ3) is 1.84. The van der Waals surface area contributed by atoms with Gasteiger partial charge in [0.15, 0.2) is 5.78 Å². The third-order valence-corrected chi connectivity index (χ3v) is 2.11. The summed E-state index contributed by atoms with van der Waals surface area (Å²) in [7, 11) is 0. The first-order chi connectivity index (χ1) is 4.84. The summed E-state index contributed by atoms with van der Waals surface area (Å²) in [4.78, 5) is 11.1. The molecule has 1 aliphatic carbocycles. The van der Waals surface area contributed by atoms with Crippen LogP contribution in [-0.4, -0.2) is 5.78 Å². The fraction of sp³-hybridized carbons (Fsp3) is 0.625. The van der Waals surface area contributed by atoms with Crippen LogP contribution >= 0.6 is 11.6 Å². The highest BCUT2D eigenvalue weighted by atomic mass is 35.5. The maximum atomic E-state index is 11.1. The number of ketones is 1. The van der Waals surface area contributed by atoms with Crippen molar-refractivity contribution in [1.29, 1.82) is 0 Å².